The Hall–Kier alpha value is -2.19. The molecule has 0 amide bonds. The van der Waals surface area contributed by atoms with Crippen LogP contribution in [0.4, 0.5) is 0 Å². The molecule has 1 aromatic heterocycles. The monoisotopic (exact) mass is 431 g/mol. The minimum atomic E-state index is -3.74. The number of fused-ring (bicyclic) bond motifs is 1. The van der Waals surface area contributed by atoms with E-state index in [4.69, 9.17) is 11.6 Å². The van der Waals surface area contributed by atoms with Crippen molar-refractivity contribution < 1.29 is 13.5 Å². The van der Waals surface area contributed by atoms with Crippen LogP contribution in [0.15, 0.2) is 67.1 Å². The van der Waals surface area contributed by atoms with Crippen molar-refractivity contribution in [2.45, 2.75) is 37.4 Å². The maximum Gasteiger partial charge on any atom is 0.236 e. The molecule has 1 N–H and O–H groups in total. The van der Waals surface area contributed by atoms with Gasteiger partial charge in [-0.3, -0.25) is 0 Å². The fourth-order valence-corrected chi connectivity index (χ4v) is 5.98. The second-order valence-corrected chi connectivity index (χ2v) is 9.71. The van der Waals surface area contributed by atoms with Gasteiger partial charge in [0, 0.05) is 23.7 Å². The van der Waals surface area contributed by atoms with Crippen LogP contribution in [0.25, 0.3) is 0 Å². The van der Waals surface area contributed by atoms with Gasteiger partial charge in [0.15, 0.2) is 5.37 Å². The van der Waals surface area contributed by atoms with Crippen LogP contribution in [0.2, 0.25) is 5.02 Å². The van der Waals surface area contributed by atoms with Gasteiger partial charge in [0.05, 0.1) is 24.7 Å². The molecule has 0 spiro atoms. The number of aromatic nitrogens is 2. The first kappa shape index (κ1) is 20.1. The molecule has 152 valence electrons. The van der Waals surface area contributed by atoms with Crippen molar-refractivity contribution in [2.24, 2.45) is 0 Å². The van der Waals surface area contributed by atoms with E-state index in [2.05, 4.69) is 4.98 Å². The lowest BCUT2D eigenvalue weighted by Gasteiger charge is -2.38. The van der Waals surface area contributed by atoms with E-state index < -0.39 is 21.5 Å². The molecule has 2 heterocycles. The van der Waals surface area contributed by atoms with Gasteiger partial charge < -0.3 is 9.67 Å². The molecule has 1 unspecified atom stereocenters. The average Bonchev–Trinajstić information content (AvgIpc) is 3.18. The largest absolute Gasteiger partial charge is 0.388 e. The molecule has 0 saturated heterocycles. The van der Waals surface area contributed by atoms with Crippen LogP contribution in [0, 0.1) is 0 Å². The topological polar surface area (TPSA) is 75.4 Å². The molecule has 3 atom stereocenters. The summed E-state index contributed by atoms with van der Waals surface area (Å²) in [5.74, 6) is 0. The summed E-state index contributed by atoms with van der Waals surface area (Å²) in [5, 5.41) is 10.4. The second kappa shape index (κ2) is 7.91. The molecule has 29 heavy (non-hydrogen) atoms. The number of rotatable bonds is 5. The molecule has 0 bridgehead atoms. The number of nitrogens with zero attached hydrogens (tertiary/aromatic N) is 3. The van der Waals surface area contributed by atoms with E-state index in [1.165, 1.54) is 10.6 Å². The highest BCUT2D eigenvalue weighted by atomic mass is 35.5. The van der Waals surface area contributed by atoms with Crippen molar-refractivity contribution in [1.29, 1.82) is 0 Å². The van der Waals surface area contributed by atoms with Crippen molar-refractivity contribution in [2.75, 3.05) is 0 Å². The maximum atomic E-state index is 13.6. The second-order valence-electron chi connectivity index (χ2n) is 7.23. The zero-order chi connectivity index (χ0) is 20.6. The SMILES string of the molecule is C[C@@H](c1ccc(Cl)cc1)N1Cc2cncn2C(C[C@@H](O)c2ccccc2)S1(=O)=O. The fraction of sp³-hybridized carbons (Fsp3) is 0.286. The Labute approximate surface area is 175 Å². The summed E-state index contributed by atoms with van der Waals surface area (Å²) in [5.41, 5.74) is 2.34. The molecule has 6 nitrogen and oxygen atoms in total. The van der Waals surface area contributed by atoms with Crippen LogP contribution < -0.4 is 0 Å². The van der Waals surface area contributed by atoms with Crippen LogP contribution in [0.1, 0.15) is 47.7 Å². The van der Waals surface area contributed by atoms with E-state index in [1.54, 1.807) is 35.0 Å². The predicted octanol–water partition coefficient (Wildman–Crippen LogP) is 4.07. The molecule has 1 aliphatic rings. The highest BCUT2D eigenvalue weighted by Crippen LogP contribution is 2.39. The molecule has 3 aromatic rings. The van der Waals surface area contributed by atoms with Crippen LogP contribution in [-0.4, -0.2) is 27.4 Å². The summed E-state index contributed by atoms with van der Waals surface area (Å²) in [4.78, 5) is 4.15. The third-order valence-electron chi connectivity index (χ3n) is 5.44. The number of halogens is 1. The number of hydrogen-bond donors (Lipinski definition) is 1. The smallest absolute Gasteiger partial charge is 0.236 e. The summed E-state index contributed by atoms with van der Waals surface area (Å²) in [6.07, 6.45) is 2.34. The lowest BCUT2D eigenvalue weighted by molar-refractivity contribution is 0.152. The molecule has 0 saturated carbocycles. The Morgan fingerprint density at radius 3 is 2.52 bits per heavy atom. The van der Waals surface area contributed by atoms with Gasteiger partial charge in [-0.15, -0.1) is 0 Å². The molecule has 1 aliphatic heterocycles. The normalized spacial score (nSPS) is 20.7. The van der Waals surface area contributed by atoms with Crippen LogP contribution in [-0.2, 0) is 16.6 Å². The Bertz CT molecular complexity index is 1080. The van der Waals surface area contributed by atoms with Gasteiger partial charge in [-0.05, 0) is 30.2 Å². The van der Waals surface area contributed by atoms with Crippen LogP contribution in [0.5, 0.6) is 0 Å². The number of aliphatic hydroxyl groups excluding tert-OH is 1. The highest BCUT2D eigenvalue weighted by molar-refractivity contribution is 7.89. The first-order valence-corrected chi connectivity index (χ1v) is 11.3. The van der Waals surface area contributed by atoms with Gasteiger partial charge in [-0.2, -0.15) is 4.31 Å². The molecule has 4 rings (SSSR count). The first-order valence-electron chi connectivity index (χ1n) is 9.38. The molecule has 0 radical (unpaired) electrons. The zero-order valence-electron chi connectivity index (χ0n) is 15.9. The third kappa shape index (κ3) is 3.83. The Morgan fingerprint density at radius 2 is 1.83 bits per heavy atom. The van der Waals surface area contributed by atoms with Gasteiger partial charge in [0.2, 0.25) is 10.0 Å². The molecule has 0 aliphatic carbocycles. The summed E-state index contributed by atoms with van der Waals surface area (Å²) in [6.45, 7) is 2.08. The zero-order valence-corrected chi connectivity index (χ0v) is 17.5. The molecular weight excluding hydrogens is 410 g/mol. The first-order chi connectivity index (χ1) is 13.9. The summed E-state index contributed by atoms with van der Waals surface area (Å²) < 4.78 is 30.3. The van der Waals surface area contributed by atoms with E-state index in [9.17, 15) is 13.5 Å². The molecule has 0 fully saturated rings. The van der Waals surface area contributed by atoms with E-state index in [0.717, 1.165) is 11.3 Å². The molecular formula is C21H22ClN3O3S. The number of imidazole rings is 1. The Kier molecular flexibility index (Phi) is 5.48. The summed E-state index contributed by atoms with van der Waals surface area (Å²) in [7, 11) is -3.74. The van der Waals surface area contributed by atoms with Crippen molar-refractivity contribution in [3.05, 3.63) is 89.0 Å². The van der Waals surface area contributed by atoms with Crippen molar-refractivity contribution in [3.63, 3.8) is 0 Å². The average molecular weight is 432 g/mol. The minimum Gasteiger partial charge on any atom is -0.388 e. The van der Waals surface area contributed by atoms with Crippen molar-refractivity contribution in [1.82, 2.24) is 13.9 Å². The maximum absolute atomic E-state index is 13.6. The van der Waals surface area contributed by atoms with Gasteiger partial charge in [-0.25, -0.2) is 13.4 Å². The van der Waals surface area contributed by atoms with Crippen LogP contribution in [0.3, 0.4) is 0 Å². The number of sulfonamides is 1. The Balaban J connectivity index is 1.69. The van der Waals surface area contributed by atoms with E-state index in [1.807, 2.05) is 37.3 Å². The summed E-state index contributed by atoms with van der Waals surface area (Å²) in [6, 6.07) is 15.9. The molecule has 2 aromatic carbocycles. The van der Waals surface area contributed by atoms with E-state index >= 15 is 0 Å². The lowest BCUT2D eigenvalue weighted by Crippen LogP contribution is -2.43. The summed E-state index contributed by atoms with van der Waals surface area (Å²) >= 11 is 5.98. The predicted molar refractivity (Wildman–Crippen MR) is 112 cm³/mol. The van der Waals surface area contributed by atoms with E-state index in [0.29, 0.717) is 10.6 Å². The highest BCUT2D eigenvalue weighted by Gasteiger charge is 2.42. The van der Waals surface area contributed by atoms with Gasteiger partial charge in [0.25, 0.3) is 0 Å². The fourth-order valence-electron chi connectivity index (χ4n) is 3.77. The number of benzene rings is 2. The van der Waals surface area contributed by atoms with Crippen molar-refractivity contribution in [3.8, 4) is 0 Å². The number of hydrogen-bond acceptors (Lipinski definition) is 4. The van der Waals surface area contributed by atoms with Gasteiger partial charge in [0.1, 0.15) is 0 Å². The quantitative estimate of drug-likeness (QED) is 0.660. The van der Waals surface area contributed by atoms with Gasteiger partial charge in [-0.1, -0.05) is 54.1 Å². The van der Waals surface area contributed by atoms with Crippen molar-refractivity contribution >= 4 is 21.6 Å². The lowest BCUT2D eigenvalue weighted by atomic mass is 10.1. The minimum absolute atomic E-state index is 0.0412. The molecule has 8 heteroatoms. The standard InChI is InChI=1S/C21H22ClN3O3S/c1-15(16-7-9-18(22)10-8-16)25-13-19-12-23-14-24(19)21(29(25,27)28)11-20(26)17-5-3-2-4-6-17/h2-10,12,14-15,20-21,26H,11,13H2,1H3/t15-,20+,21?/m0/s1. The Morgan fingerprint density at radius 1 is 1.14 bits per heavy atom. The van der Waals surface area contributed by atoms with E-state index in [-0.39, 0.29) is 19.0 Å². The van der Waals surface area contributed by atoms with Crippen LogP contribution >= 0.6 is 11.6 Å². The van der Waals surface area contributed by atoms with Gasteiger partial charge >= 0.3 is 0 Å². The third-order valence-corrected chi connectivity index (χ3v) is 7.90. The number of aliphatic hydroxyl groups is 1.